The number of nitrogens with one attached hydrogen (secondary N) is 1. The fraction of sp³-hybridized carbons (Fsp3) is 0.250. The summed E-state index contributed by atoms with van der Waals surface area (Å²) in [7, 11) is 0. The lowest BCUT2D eigenvalue weighted by Crippen LogP contribution is -2.17. The van der Waals surface area contributed by atoms with Gasteiger partial charge in [-0.25, -0.2) is 0 Å². The van der Waals surface area contributed by atoms with Gasteiger partial charge in [0.2, 0.25) is 0 Å². The number of amides is 1. The SMILES string of the molecule is Brc1cncc(N2CCCC2)c1.Cc1ccc(C(=O)Nc2cccc(C(F)(F)F)c2)cc1. The number of aromatic nitrogens is 1. The summed E-state index contributed by atoms with van der Waals surface area (Å²) < 4.78 is 38.7. The second kappa shape index (κ2) is 10.6. The Labute approximate surface area is 193 Å². The van der Waals surface area contributed by atoms with Crippen LogP contribution < -0.4 is 10.2 Å². The maximum absolute atomic E-state index is 12.6. The molecule has 1 fully saturated rings. The van der Waals surface area contributed by atoms with Crippen LogP contribution in [0.5, 0.6) is 0 Å². The lowest BCUT2D eigenvalue weighted by atomic mass is 10.1. The molecule has 2 heterocycles. The van der Waals surface area contributed by atoms with Crippen molar-refractivity contribution in [1.82, 2.24) is 4.98 Å². The molecule has 4 rings (SSSR count). The van der Waals surface area contributed by atoms with E-state index < -0.39 is 17.6 Å². The average molecular weight is 506 g/mol. The fourth-order valence-electron chi connectivity index (χ4n) is 3.23. The number of aryl methyl sites for hydroxylation is 1. The van der Waals surface area contributed by atoms with Gasteiger partial charge in [-0.3, -0.25) is 9.78 Å². The van der Waals surface area contributed by atoms with Crippen LogP contribution >= 0.6 is 15.9 Å². The first-order valence-electron chi connectivity index (χ1n) is 10.1. The van der Waals surface area contributed by atoms with E-state index in [0.717, 1.165) is 22.2 Å². The van der Waals surface area contributed by atoms with Crippen LogP contribution in [0.2, 0.25) is 0 Å². The van der Waals surface area contributed by atoms with Gasteiger partial charge in [-0.05, 0) is 72.1 Å². The molecule has 1 saturated heterocycles. The molecule has 32 heavy (non-hydrogen) atoms. The Bertz CT molecular complexity index is 1050. The molecule has 0 aliphatic carbocycles. The van der Waals surface area contributed by atoms with Gasteiger partial charge >= 0.3 is 6.18 Å². The van der Waals surface area contributed by atoms with Gasteiger partial charge in [0.15, 0.2) is 0 Å². The highest BCUT2D eigenvalue weighted by Gasteiger charge is 2.30. The summed E-state index contributed by atoms with van der Waals surface area (Å²) in [6, 6.07) is 13.4. The summed E-state index contributed by atoms with van der Waals surface area (Å²) in [5, 5.41) is 2.45. The van der Waals surface area contributed by atoms with Crippen LogP contribution in [0.4, 0.5) is 24.5 Å². The highest BCUT2D eigenvalue weighted by atomic mass is 79.9. The molecule has 2 aromatic carbocycles. The number of nitrogens with zero attached hydrogens (tertiary/aromatic N) is 2. The first kappa shape index (κ1) is 23.8. The number of hydrogen-bond acceptors (Lipinski definition) is 3. The molecule has 4 nitrogen and oxygen atoms in total. The van der Waals surface area contributed by atoms with Gasteiger partial charge in [-0.1, -0.05) is 23.8 Å². The van der Waals surface area contributed by atoms with E-state index >= 15 is 0 Å². The van der Waals surface area contributed by atoms with Gasteiger partial charge in [0.05, 0.1) is 17.4 Å². The molecule has 0 unspecified atom stereocenters. The lowest BCUT2D eigenvalue weighted by molar-refractivity contribution is -0.137. The summed E-state index contributed by atoms with van der Waals surface area (Å²) in [6.07, 6.45) is 1.94. The molecule has 0 radical (unpaired) electrons. The monoisotopic (exact) mass is 505 g/mol. The molecule has 0 saturated carbocycles. The quantitative estimate of drug-likeness (QED) is 0.430. The Kier molecular flexibility index (Phi) is 7.90. The van der Waals surface area contributed by atoms with Crippen molar-refractivity contribution in [3.8, 4) is 0 Å². The number of anilines is 2. The zero-order valence-electron chi connectivity index (χ0n) is 17.5. The molecule has 1 aliphatic rings. The highest BCUT2D eigenvalue weighted by Crippen LogP contribution is 2.30. The number of hydrogen-bond donors (Lipinski definition) is 1. The van der Waals surface area contributed by atoms with E-state index in [-0.39, 0.29) is 5.69 Å². The second-order valence-corrected chi connectivity index (χ2v) is 8.37. The van der Waals surface area contributed by atoms with Crippen molar-refractivity contribution in [3.63, 3.8) is 0 Å². The number of carbonyl (C=O) groups is 1. The van der Waals surface area contributed by atoms with Crippen LogP contribution in [0.3, 0.4) is 0 Å². The molecular weight excluding hydrogens is 483 g/mol. The minimum absolute atomic E-state index is 0.116. The number of pyridine rings is 1. The van der Waals surface area contributed by atoms with Crippen molar-refractivity contribution < 1.29 is 18.0 Å². The van der Waals surface area contributed by atoms with Crippen LogP contribution in [0.1, 0.15) is 34.3 Å². The van der Waals surface area contributed by atoms with E-state index in [0.29, 0.717) is 5.56 Å². The smallest absolute Gasteiger partial charge is 0.370 e. The Hall–Kier alpha value is -2.87. The maximum Gasteiger partial charge on any atom is 0.416 e. The van der Waals surface area contributed by atoms with Crippen LogP contribution in [-0.2, 0) is 6.18 Å². The van der Waals surface area contributed by atoms with Crippen molar-refractivity contribution in [2.75, 3.05) is 23.3 Å². The minimum atomic E-state index is -4.43. The molecule has 1 aliphatic heterocycles. The van der Waals surface area contributed by atoms with Crippen LogP contribution in [-0.4, -0.2) is 24.0 Å². The van der Waals surface area contributed by atoms with E-state index in [4.69, 9.17) is 0 Å². The first-order valence-corrected chi connectivity index (χ1v) is 10.9. The van der Waals surface area contributed by atoms with E-state index in [2.05, 4.69) is 37.2 Å². The summed E-state index contributed by atoms with van der Waals surface area (Å²) in [4.78, 5) is 18.4. The minimum Gasteiger partial charge on any atom is -0.370 e. The van der Waals surface area contributed by atoms with Crippen LogP contribution in [0.25, 0.3) is 0 Å². The third-order valence-electron chi connectivity index (χ3n) is 4.92. The third kappa shape index (κ3) is 6.82. The molecule has 0 spiro atoms. The molecular formula is C24H23BrF3N3O. The van der Waals surface area contributed by atoms with Crippen molar-refractivity contribution in [3.05, 3.63) is 88.2 Å². The van der Waals surface area contributed by atoms with E-state index in [9.17, 15) is 18.0 Å². The topological polar surface area (TPSA) is 45.2 Å². The van der Waals surface area contributed by atoms with E-state index in [1.165, 1.54) is 43.8 Å². The van der Waals surface area contributed by atoms with E-state index in [1.807, 2.05) is 19.3 Å². The van der Waals surface area contributed by atoms with Crippen molar-refractivity contribution in [1.29, 1.82) is 0 Å². The predicted molar refractivity (Wildman–Crippen MR) is 124 cm³/mol. The van der Waals surface area contributed by atoms with Crippen molar-refractivity contribution in [2.45, 2.75) is 25.9 Å². The summed E-state index contributed by atoms with van der Waals surface area (Å²) in [6.45, 7) is 4.24. The lowest BCUT2D eigenvalue weighted by Gasteiger charge is -2.16. The van der Waals surface area contributed by atoms with Gasteiger partial charge in [0.25, 0.3) is 5.91 Å². The molecule has 0 atom stereocenters. The molecule has 1 amide bonds. The normalized spacial score (nSPS) is 13.3. The maximum atomic E-state index is 12.6. The zero-order chi connectivity index (χ0) is 23.1. The summed E-state index contributed by atoms with van der Waals surface area (Å²) in [5.41, 5.74) is 1.96. The number of carbonyl (C=O) groups excluding carboxylic acids is 1. The van der Waals surface area contributed by atoms with Gasteiger partial charge in [-0.2, -0.15) is 13.2 Å². The van der Waals surface area contributed by atoms with Gasteiger partial charge < -0.3 is 10.2 Å². The molecule has 168 valence electrons. The van der Waals surface area contributed by atoms with Crippen molar-refractivity contribution >= 4 is 33.2 Å². The second-order valence-electron chi connectivity index (χ2n) is 7.45. The first-order chi connectivity index (χ1) is 15.2. The number of alkyl halides is 3. The molecule has 8 heteroatoms. The predicted octanol–water partition coefficient (Wildman–Crippen LogP) is 6.71. The average Bonchev–Trinajstić information content (AvgIpc) is 3.29. The number of benzene rings is 2. The Morgan fingerprint density at radius 1 is 1.03 bits per heavy atom. The van der Waals surface area contributed by atoms with E-state index in [1.54, 1.807) is 24.3 Å². The zero-order valence-corrected chi connectivity index (χ0v) is 19.1. The number of halogens is 4. The van der Waals surface area contributed by atoms with Gasteiger partial charge in [-0.15, -0.1) is 0 Å². The Morgan fingerprint density at radius 2 is 1.72 bits per heavy atom. The van der Waals surface area contributed by atoms with Crippen LogP contribution in [0, 0.1) is 6.92 Å². The summed E-state index contributed by atoms with van der Waals surface area (Å²) >= 11 is 3.42. The summed E-state index contributed by atoms with van der Waals surface area (Å²) in [5.74, 6) is -0.440. The Balaban J connectivity index is 0.000000204. The molecule has 1 aromatic heterocycles. The largest absolute Gasteiger partial charge is 0.416 e. The van der Waals surface area contributed by atoms with Gasteiger partial charge in [0.1, 0.15) is 0 Å². The standard InChI is InChI=1S/C15H12F3NO.C9H11BrN2/c1-10-5-7-11(8-6-10)14(20)19-13-4-2-3-12(9-13)15(16,17)18;10-8-5-9(7-11-6-8)12-3-1-2-4-12/h2-9H,1H3,(H,19,20);5-7H,1-4H2. The molecule has 1 N–H and O–H groups in total. The van der Waals surface area contributed by atoms with Crippen LogP contribution in [0.15, 0.2) is 71.5 Å². The third-order valence-corrected chi connectivity index (χ3v) is 5.36. The van der Waals surface area contributed by atoms with Crippen molar-refractivity contribution in [2.24, 2.45) is 0 Å². The highest BCUT2D eigenvalue weighted by molar-refractivity contribution is 9.10. The van der Waals surface area contributed by atoms with Gasteiger partial charge in [0, 0.05) is 35.0 Å². The molecule has 0 bridgehead atoms. The number of rotatable bonds is 3. The Morgan fingerprint density at radius 3 is 2.34 bits per heavy atom. The fourth-order valence-corrected chi connectivity index (χ4v) is 3.58. The molecule has 3 aromatic rings.